The van der Waals surface area contributed by atoms with Gasteiger partial charge < -0.3 is 14.8 Å². The molecule has 1 aromatic heterocycles. The third-order valence-corrected chi connectivity index (χ3v) is 2.75. The largest absolute Gasteiger partial charge is 0.477 e. The Morgan fingerprint density at radius 3 is 3.00 bits per heavy atom. The molecule has 0 saturated heterocycles. The van der Waals surface area contributed by atoms with E-state index < -0.39 is 12.1 Å². The summed E-state index contributed by atoms with van der Waals surface area (Å²) in [7, 11) is 0. The highest BCUT2D eigenvalue weighted by atomic mass is 16.4. The SMILES string of the molecule is CCc1nc2n(c1C(=O)O)C[C@@H](O)CC2. The summed E-state index contributed by atoms with van der Waals surface area (Å²) in [6.45, 7) is 2.24. The quantitative estimate of drug-likeness (QED) is 0.743. The van der Waals surface area contributed by atoms with E-state index in [1.54, 1.807) is 4.57 Å². The molecular weight excluding hydrogens is 196 g/mol. The number of imidazole rings is 1. The third-order valence-electron chi connectivity index (χ3n) is 2.75. The van der Waals surface area contributed by atoms with Crippen LogP contribution in [0.25, 0.3) is 0 Å². The lowest BCUT2D eigenvalue weighted by Gasteiger charge is -2.20. The number of carbonyl (C=O) groups is 1. The van der Waals surface area contributed by atoms with Gasteiger partial charge in [-0.05, 0) is 12.8 Å². The molecule has 82 valence electrons. The summed E-state index contributed by atoms with van der Waals surface area (Å²) in [5.41, 5.74) is 0.859. The maximum Gasteiger partial charge on any atom is 0.354 e. The lowest BCUT2D eigenvalue weighted by atomic mass is 10.1. The molecule has 0 spiro atoms. The second-order valence-corrected chi connectivity index (χ2v) is 3.79. The maximum absolute atomic E-state index is 11.1. The maximum atomic E-state index is 11.1. The van der Waals surface area contributed by atoms with Gasteiger partial charge in [-0.25, -0.2) is 9.78 Å². The van der Waals surface area contributed by atoms with E-state index in [4.69, 9.17) is 5.11 Å². The standard InChI is InChI=1S/C10H14N2O3/c1-2-7-9(10(14)15)12-5-6(13)3-4-8(12)11-7/h6,13H,2-5H2,1H3,(H,14,15)/t6-/m0/s1. The van der Waals surface area contributed by atoms with Gasteiger partial charge in [0.15, 0.2) is 5.69 Å². The lowest BCUT2D eigenvalue weighted by molar-refractivity contribution is 0.0673. The van der Waals surface area contributed by atoms with E-state index in [0.717, 1.165) is 5.82 Å². The van der Waals surface area contributed by atoms with E-state index in [1.165, 1.54) is 0 Å². The Labute approximate surface area is 87.4 Å². The minimum atomic E-state index is -0.959. The van der Waals surface area contributed by atoms with E-state index >= 15 is 0 Å². The van der Waals surface area contributed by atoms with E-state index in [0.29, 0.717) is 31.5 Å². The Morgan fingerprint density at radius 2 is 2.40 bits per heavy atom. The van der Waals surface area contributed by atoms with Gasteiger partial charge in [0, 0.05) is 6.42 Å². The first-order valence-corrected chi connectivity index (χ1v) is 5.13. The molecule has 2 rings (SSSR count). The minimum Gasteiger partial charge on any atom is -0.477 e. The Morgan fingerprint density at radius 1 is 1.67 bits per heavy atom. The van der Waals surface area contributed by atoms with E-state index in [2.05, 4.69) is 4.98 Å². The lowest BCUT2D eigenvalue weighted by Crippen LogP contribution is -2.26. The summed E-state index contributed by atoms with van der Waals surface area (Å²) >= 11 is 0. The topological polar surface area (TPSA) is 75.4 Å². The molecule has 0 aromatic carbocycles. The Hall–Kier alpha value is -1.36. The molecule has 2 heterocycles. The molecule has 5 heteroatoms. The molecule has 0 saturated carbocycles. The normalized spacial score (nSPS) is 20.0. The van der Waals surface area contributed by atoms with Crippen LogP contribution in [0.5, 0.6) is 0 Å². The first-order chi connectivity index (χ1) is 7.13. The Kier molecular flexibility index (Phi) is 2.48. The van der Waals surface area contributed by atoms with Gasteiger partial charge in [-0.1, -0.05) is 6.92 Å². The summed E-state index contributed by atoms with van der Waals surface area (Å²) in [4.78, 5) is 15.4. The third kappa shape index (κ3) is 1.63. The fourth-order valence-electron chi connectivity index (χ4n) is 2.02. The molecular formula is C10H14N2O3. The summed E-state index contributed by atoms with van der Waals surface area (Å²) in [5, 5.41) is 18.6. The first-order valence-electron chi connectivity index (χ1n) is 5.13. The Balaban J connectivity index is 2.50. The van der Waals surface area contributed by atoms with Crippen molar-refractivity contribution in [1.82, 2.24) is 9.55 Å². The number of aliphatic hydroxyl groups is 1. The number of nitrogens with zero attached hydrogens (tertiary/aromatic N) is 2. The van der Waals surface area contributed by atoms with Crippen molar-refractivity contribution in [1.29, 1.82) is 0 Å². The molecule has 0 bridgehead atoms. The van der Waals surface area contributed by atoms with Crippen LogP contribution in [-0.4, -0.2) is 31.8 Å². The first kappa shape index (κ1) is 10.2. The number of aromatic carboxylic acids is 1. The van der Waals surface area contributed by atoms with Gasteiger partial charge in [-0.15, -0.1) is 0 Å². The van der Waals surface area contributed by atoms with E-state index in [9.17, 15) is 9.90 Å². The summed E-state index contributed by atoms with van der Waals surface area (Å²) in [6.07, 6.45) is 1.48. The van der Waals surface area contributed by atoms with Crippen molar-refractivity contribution in [3.05, 3.63) is 17.2 Å². The minimum absolute atomic E-state index is 0.242. The molecule has 1 atom stereocenters. The molecule has 1 aliphatic rings. The average molecular weight is 210 g/mol. The van der Waals surface area contributed by atoms with Gasteiger partial charge in [-0.2, -0.15) is 0 Å². The van der Waals surface area contributed by atoms with Crippen molar-refractivity contribution in [3.63, 3.8) is 0 Å². The second kappa shape index (κ2) is 3.66. The van der Waals surface area contributed by atoms with Crippen molar-refractivity contribution in [2.45, 2.75) is 38.8 Å². The number of aryl methyl sites for hydroxylation is 2. The number of aromatic nitrogens is 2. The summed E-state index contributed by atoms with van der Waals surface area (Å²) in [6, 6.07) is 0. The molecule has 0 fully saturated rings. The van der Waals surface area contributed by atoms with Gasteiger partial charge in [0.1, 0.15) is 5.82 Å². The number of rotatable bonds is 2. The van der Waals surface area contributed by atoms with Gasteiger partial charge in [0.25, 0.3) is 0 Å². The van der Waals surface area contributed by atoms with Crippen LogP contribution in [0.4, 0.5) is 0 Å². The van der Waals surface area contributed by atoms with Crippen LogP contribution in [0.2, 0.25) is 0 Å². The zero-order valence-corrected chi connectivity index (χ0v) is 8.60. The summed E-state index contributed by atoms with van der Waals surface area (Å²) < 4.78 is 1.63. The molecule has 0 amide bonds. The van der Waals surface area contributed by atoms with Crippen LogP contribution < -0.4 is 0 Å². The van der Waals surface area contributed by atoms with Crippen LogP contribution in [0.1, 0.15) is 35.4 Å². The zero-order chi connectivity index (χ0) is 11.0. The van der Waals surface area contributed by atoms with Crippen LogP contribution >= 0.6 is 0 Å². The Bertz CT molecular complexity index is 398. The van der Waals surface area contributed by atoms with Crippen molar-refractivity contribution in [3.8, 4) is 0 Å². The van der Waals surface area contributed by atoms with Gasteiger partial charge in [0.2, 0.25) is 0 Å². The number of hydrogen-bond donors (Lipinski definition) is 2. The fourth-order valence-corrected chi connectivity index (χ4v) is 2.02. The smallest absolute Gasteiger partial charge is 0.354 e. The molecule has 5 nitrogen and oxygen atoms in total. The van der Waals surface area contributed by atoms with Crippen molar-refractivity contribution in [2.75, 3.05) is 0 Å². The van der Waals surface area contributed by atoms with Gasteiger partial charge in [-0.3, -0.25) is 0 Å². The second-order valence-electron chi connectivity index (χ2n) is 3.79. The number of carboxylic acids is 1. The fraction of sp³-hybridized carbons (Fsp3) is 0.600. The highest BCUT2D eigenvalue weighted by molar-refractivity contribution is 5.87. The molecule has 15 heavy (non-hydrogen) atoms. The molecule has 2 N–H and O–H groups in total. The van der Waals surface area contributed by atoms with E-state index in [1.807, 2.05) is 6.92 Å². The van der Waals surface area contributed by atoms with Crippen LogP contribution in [0.3, 0.4) is 0 Å². The monoisotopic (exact) mass is 210 g/mol. The summed E-state index contributed by atoms with van der Waals surface area (Å²) in [5.74, 6) is -0.172. The highest BCUT2D eigenvalue weighted by Gasteiger charge is 2.26. The average Bonchev–Trinajstić information content (AvgIpc) is 2.55. The molecule has 1 aromatic rings. The molecule has 0 radical (unpaired) electrons. The number of fused-ring (bicyclic) bond motifs is 1. The van der Waals surface area contributed by atoms with Crippen molar-refractivity contribution >= 4 is 5.97 Å². The van der Waals surface area contributed by atoms with Crippen molar-refractivity contribution < 1.29 is 15.0 Å². The van der Waals surface area contributed by atoms with Crippen LogP contribution in [0, 0.1) is 0 Å². The van der Waals surface area contributed by atoms with Crippen molar-refractivity contribution in [2.24, 2.45) is 0 Å². The highest BCUT2D eigenvalue weighted by Crippen LogP contribution is 2.20. The number of carboxylic acid groups (broad SMARTS) is 1. The number of aliphatic hydroxyl groups excluding tert-OH is 1. The molecule has 0 aliphatic carbocycles. The zero-order valence-electron chi connectivity index (χ0n) is 8.60. The predicted octanol–water partition coefficient (Wildman–Crippen LogP) is 0.451. The van der Waals surface area contributed by atoms with Crippen LogP contribution in [0.15, 0.2) is 0 Å². The molecule has 0 unspecified atom stereocenters. The number of hydrogen-bond acceptors (Lipinski definition) is 3. The van der Waals surface area contributed by atoms with Gasteiger partial charge >= 0.3 is 5.97 Å². The van der Waals surface area contributed by atoms with Crippen LogP contribution in [-0.2, 0) is 19.4 Å². The molecule has 1 aliphatic heterocycles. The van der Waals surface area contributed by atoms with E-state index in [-0.39, 0.29) is 5.69 Å². The predicted molar refractivity (Wildman–Crippen MR) is 52.9 cm³/mol. The van der Waals surface area contributed by atoms with Gasteiger partial charge in [0.05, 0.1) is 18.3 Å².